The Labute approximate surface area is 103 Å². The standard InChI is InChI=1S/C11H11ClN4O/c1-16(7-10-13-4-5-14-10)11(17)8-2-3-9(12)15-6-8/h2-6H,7H2,1H3,(H,13,14). The predicted octanol–water partition coefficient (Wildman–Crippen LogP) is 1.73. The highest BCUT2D eigenvalue weighted by Crippen LogP contribution is 2.08. The number of carbonyl (C=O) groups excluding carboxylic acids is 1. The van der Waals surface area contributed by atoms with Gasteiger partial charge in [-0.3, -0.25) is 4.79 Å². The van der Waals surface area contributed by atoms with Gasteiger partial charge in [0.1, 0.15) is 11.0 Å². The van der Waals surface area contributed by atoms with Gasteiger partial charge in [0.15, 0.2) is 0 Å². The lowest BCUT2D eigenvalue weighted by Gasteiger charge is -2.15. The molecule has 0 radical (unpaired) electrons. The highest BCUT2D eigenvalue weighted by Gasteiger charge is 2.13. The third-order valence-electron chi connectivity index (χ3n) is 2.26. The molecule has 2 heterocycles. The molecule has 1 N–H and O–H groups in total. The molecule has 0 saturated heterocycles. The van der Waals surface area contributed by atoms with Crippen LogP contribution in [0.25, 0.3) is 0 Å². The first kappa shape index (κ1) is 11.6. The second-order valence-corrected chi connectivity index (χ2v) is 3.95. The van der Waals surface area contributed by atoms with Crippen LogP contribution in [-0.4, -0.2) is 32.8 Å². The second kappa shape index (κ2) is 4.97. The zero-order chi connectivity index (χ0) is 12.3. The Balaban J connectivity index is 2.07. The maximum Gasteiger partial charge on any atom is 0.255 e. The lowest BCUT2D eigenvalue weighted by Crippen LogP contribution is -2.26. The van der Waals surface area contributed by atoms with Gasteiger partial charge in [-0.25, -0.2) is 9.97 Å². The molecule has 0 unspecified atom stereocenters. The number of imidazole rings is 1. The molecular formula is C11H11ClN4O. The van der Waals surface area contributed by atoms with Crippen molar-refractivity contribution in [1.29, 1.82) is 0 Å². The fourth-order valence-electron chi connectivity index (χ4n) is 1.40. The number of nitrogens with one attached hydrogen (secondary N) is 1. The van der Waals surface area contributed by atoms with E-state index in [-0.39, 0.29) is 5.91 Å². The topological polar surface area (TPSA) is 61.9 Å². The van der Waals surface area contributed by atoms with Crippen molar-refractivity contribution in [2.45, 2.75) is 6.54 Å². The van der Waals surface area contributed by atoms with E-state index >= 15 is 0 Å². The molecule has 17 heavy (non-hydrogen) atoms. The van der Waals surface area contributed by atoms with E-state index in [1.54, 1.807) is 36.5 Å². The van der Waals surface area contributed by atoms with Crippen molar-refractivity contribution in [1.82, 2.24) is 19.9 Å². The average Bonchev–Trinajstić information content (AvgIpc) is 2.82. The predicted molar refractivity (Wildman–Crippen MR) is 63.6 cm³/mol. The van der Waals surface area contributed by atoms with E-state index in [0.717, 1.165) is 5.82 Å². The number of hydrogen-bond donors (Lipinski definition) is 1. The Bertz CT molecular complexity index is 495. The number of H-pyrrole nitrogens is 1. The van der Waals surface area contributed by atoms with Crippen LogP contribution in [0.1, 0.15) is 16.2 Å². The molecule has 6 heteroatoms. The van der Waals surface area contributed by atoms with Gasteiger partial charge in [-0.15, -0.1) is 0 Å². The average molecular weight is 251 g/mol. The second-order valence-electron chi connectivity index (χ2n) is 3.57. The Morgan fingerprint density at radius 1 is 1.47 bits per heavy atom. The Morgan fingerprint density at radius 3 is 2.88 bits per heavy atom. The molecule has 0 atom stereocenters. The third kappa shape index (κ3) is 2.82. The van der Waals surface area contributed by atoms with E-state index in [2.05, 4.69) is 15.0 Å². The minimum absolute atomic E-state index is 0.120. The van der Waals surface area contributed by atoms with E-state index < -0.39 is 0 Å². The Morgan fingerprint density at radius 2 is 2.29 bits per heavy atom. The summed E-state index contributed by atoms with van der Waals surface area (Å²) in [7, 11) is 1.71. The lowest BCUT2D eigenvalue weighted by molar-refractivity contribution is 0.0781. The first-order valence-corrected chi connectivity index (χ1v) is 5.40. The largest absolute Gasteiger partial charge is 0.347 e. The van der Waals surface area contributed by atoms with Gasteiger partial charge in [-0.2, -0.15) is 0 Å². The van der Waals surface area contributed by atoms with Crippen molar-refractivity contribution >= 4 is 17.5 Å². The third-order valence-corrected chi connectivity index (χ3v) is 2.49. The van der Waals surface area contributed by atoms with Crippen LogP contribution in [0, 0.1) is 0 Å². The van der Waals surface area contributed by atoms with Gasteiger partial charge in [0.2, 0.25) is 0 Å². The van der Waals surface area contributed by atoms with Crippen molar-refractivity contribution < 1.29 is 4.79 Å². The molecule has 2 aromatic rings. The molecule has 0 aliphatic heterocycles. The van der Waals surface area contributed by atoms with Crippen molar-refractivity contribution in [3.8, 4) is 0 Å². The van der Waals surface area contributed by atoms with Gasteiger partial charge >= 0.3 is 0 Å². The summed E-state index contributed by atoms with van der Waals surface area (Å²) in [5.74, 6) is 0.619. The minimum atomic E-state index is -0.120. The Kier molecular flexibility index (Phi) is 3.39. The SMILES string of the molecule is CN(Cc1ncc[nH]1)C(=O)c1ccc(Cl)nc1. The highest BCUT2D eigenvalue weighted by molar-refractivity contribution is 6.29. The first-order valence-electron chi connectivity index (χ1n) is 5.02. The Hall–Kier alpha value is -1.88. The van der Waals surface area contributed by atoms with Gasteiger partial charge < -0.3 is 9.88 Å². The fourth-order valence-corrected chi connectivity index (χ4v) is 1.52. The van der Waals surface area contributed by atoms with Crippen molar-refractivity contribution in [2.24, 2.45) is 0 Å². The molecule has 0 saturated carbocycles. The van der Waals surface area contributed by atoms with Crippen LogP contribution in [0.2, 0.25) is 5.15 Å². The van der Waals surface area contributed by atoms with Gasteiger partial charge in [-0.05, 0) is 12.1 Å². The van der Waals surface area contributed by atoms with Gasteiger partial charge in [0.25, 0.3) is 5.91 Å². The normalized spacial score (nSPS) is 10.2. The molecule has 2 aromatic heterocycles. The minimum Gasteiger partial charge on any atom is -0.347 e. The number of carbonyl (C=O) groups is 1. The number of aromatic nitrogens is 3. The molecular weight excluding hydrogens is 240 g/mol. The maximum absolute atomic E-state index is 12.0. The van der Waals surface area contributed by atoms with E-state index in [4.69, 9.17) is 11.6 Å². The maximum atomic E-state index is 12.0. The number of hydrogen-bond acceptors (Lipinski definition) is 3. The summed E-state index contributed by atoms with van der Waals surface area (Å²) in [6.45, 7) is 0.425. The molecule has 88 valence electrons. The lowest BCUT2D eigenvalue weighted by atomic mass is 10.2. The molecule has 0 aliphatic rings. The van der Waals surface area contributed by atoms with E-state index in [9.17, 15) is 4.79 Å². The van der Waals surface area contributed by atoms with Crippen LogP contribution in [0.15, 0.2) is 30.7 Å². The quantitative estimate of drug-likeness (QED) is 0.844. The highest BCUT2D eigenvalue weighted by atomic mass is 35.5. The molecule has 0 fully saturated rings. The van der Waals surface area contributed by atoms with Crippen molar-refractivity contribution in [2.75, 3.05) is 7.05 Å². The number of amides is 1. The smallest absolute Gasteiger partial charge is 0.255 e. The molecule has 0 aliphatic carbocycles. The molecule has 0 spiro atoms. The number of nitrogens with zero attached hydrogens (tertiary/aromatic N) is 3. The molecule has 1 amide bonds. The number of aromatic amines is 1. The zero-order valence-electron chi connectivity index (χ0n) is 9.22. The van der Waals surface area contributed by atoms with Crippen molar-refractivity contribution in [3.63, 3.8) is 0 Å². The van der Waals surface area contributed by atoms with Crippen LogP contribution < -0.4 is 0 Å². The molecule has 0 bridgehead atoms. The fraction of sp³-hybridized carbons (Fsp3) is 0.182. The van der Waals surface area contributed by atoms with Crippen LogP contribution in [0.4, 0.5) is 0 Å². The van der Waals surface area contributed by atoms with Gasteiger partial charge in [-0.1, -0.05) is 11.6 Å². The summed E-state index contributed by atoms with van der Waals surface area (Å²) in [6.07, 6.45) is 4.83. The molecule has 2 rings (SSSR count). The summed E-state index contributed by atoms with van der Waals surface area (Å²) in [5.41, 5.74) is 0.503. The number of halogens is 1. The van der Waals surface area contributed by atoms with Crippen LogP contribution in [0.5, 0.6) is 0 Å². The summed E-state index contributed by atoms with van der Waals surface area (Å²) >= 11 is 5.66. The van der Waals surface area contributed by atoms with E-state index in [1.807, 2.05) is 0 Å². The van der Waals surface area contributed by atoms with E-state index in [1.165, 1.54) is 6.20 Å². The van der Waals surface area contributed by atoms with E-state index in [0.29, 0.717) is 17.3 Å². The summed E-state index contributed by atoms with van der Waals surface area (Å²) in [6, 6.07) is 3.24. The first-order chi connectivity index (χ1) is 8.16. The monoisotopic (exact) mass is 250 g/mol. The van der Waals surface area contributed by atoms with Gasteiger partial charge in [0.05, 0.1) is 12.1 Å². The van der Waals surface area contributed by atoms with Crippen LogP contribution in [-0.2, 0) is 6.54 Å². The van der Waals surface area contributed by atoms with Crippen molar-refractivity contribution in [3.05, 3.63) is 47.3 Å². The molecule has 0 aromatic carbocycles. The summed E-state index contributed by atoms with van der Waals surface area (Å²) in [5, 5.41) is 0.371. The van der Waals surface area contributed by atoms with Crippen LogP contribution in [0.3, 0.4) is 0 Å². The zero-order valence-corrected chi connectivity index (χ0v) is 9.98. The number of rotatable bonds is 3. The van der Waals surface area contributed by atoms with Gasteiger partial charge in [0, 0.05) is 25.6 Å². The summed E-state index contributed by atoms with van der Waals surface area (Å²) in [4.78, 5) is 24.4. The van der Waals surface area contributed by atoms with Crippen LogP contribution >= 0.6 is 11.6 Å². The summed E-state index contributed by atoms with van der Waals surface area (Å²) < 4.78 is 0. The number of pyridine rings is 1. The molecule has 5 nitrogen and oxygen atoms in total.